The molecule has 3 aromatic rings. The molecule has 0 bridgehead atoms. The molecule has 0 spiro atoms. The SMILES string of the molecule is Cc1sc2ncnc(SCC(=O)OC(C)C)c2c1-c1ccccc1. The van der Waals surface area contributed by atoms with Crippen LogP contribution in [0.3, 0.4) is 0 Å². The molecule has 0 unspecified atom stereocenters. The monoisotopic (exact) mass is 358 g/mol. The Bertz CT molecular complexity index is 860. The van der Waals surface area contributed by atoms with Crippen LogP contribution < -0.4 is 0 Å². The summed E-state index contributed by atoms with van der Waals surface area (Å²) in [5, 5.41) is 1.84. The summed E-state index contributed by atoms with van der Waals surface area (Å²) in [6.07, 6.45) is 1.45. The predicted molar refractivity (Wildman–Crippen MR) is 99.5 cm³/mol. The molecule has 124 valence electrons. The van der Waals surface area contributed by atoms with Gasteiger partial charge in [-0.3, -0.25) is 4.79 Å². The molecule has 4 nitrogen and oxygen atoms in total. The summed E-state index contributed by atoms with van der Waals surface area (Å²) in [6.45, 7) is 5.79. The van der Waals surface area contributed by atoms with E-state index in [2.05, 4.69) is 29.0 Å². The molecule has 0 atom stereocenters. The molecule has 0 fully saturated rings. The maximum absolute atomic E-state index is 11.8. The van der Waals surface area contributed by atoms with Crippen LogP contribution in [0.5, 0.6) is 0 Å². The fourth-order valence-electron chi connectivity index (χ4n) is 2.50. The van der Waals surface area contributed by atoms with Gasteiger partial charge in [-0.2, -0.15) is 0 Å². The van der Waals surface area contributed by atoms with Gasteiger partial charge < -0.3 is 4.74 Å². The summed E-state index contributed by atoms with van der Waals surface area (Å²) < 4.78 is 5.20. The third kappa shape index (κ3) is 3.60. The van der Waals surface area contributed by atoms with E-state index in [-0.39, 0.29) is 17.8 Å². The predicted octanol–water partition coefficient (Wildman–Crippen LogP) is 4.71. The van der Waals surface area contributed by atoms with Crippen LogP contribution >= 0.6 is 23.1 Å². The third-order valence-corrected chi connectivity index (χ3v) is 5.36. The van der Waals surface area contributed by atoms with E-state index in [1.54, 1.807) is 17.7 Å². The molecule has 0 radical (unpaired) electrons. The topological polar surface area (TPSA) is 52.1 Å². The molecular formula is C18H18N2O2S2. The first-order valence-electron chi connectivity index (χ1n) is 7.68. The number of benzene rings is 1. The lowest BCUT2D eigenvalue weighted by Crippen LogP contribution is -2.13. The lowest BCUT2D eigenvalue weighted by molar-refractivity contribution is -0.144. The Kier molecular flexibility index (Phi) is 5.16. The van der Waals surface area contributed by atoms with Gasteiger partial charge in [0.15, 0.2) is 0 Å². The summed E-state index contributed by atoms with van der Waals surface area (Å²) >= 11 is 3.06. The molecule has 2 heterocycles. The van der Waals surface area contributed by atoms with Gasteiger partial charge in [-0.25, -0.2) is 9.97 Å². The maximum atomic E-state index is 11.8. The van der Waals surface area contributed by atoms with E-state index < -0.39 is 0 Å². The standard InChI is InChI=1S/C18H18N2O2S2/c1-11(2)22-14(21)9-23-17-16-15(13-7-5-4-6-8-13)12(3)24-18(16)20-10-19-17/h4-8,10-11H,9H2,1-3H3. The molecule has 0 aliphatic heterocycles. The van der Waals surface area contributed by atoms with Gasteiger partial charge in [-0.05, 0) is 26.3 Å². The first kappa shape index (κ1) is 16.9. The second-order valence-electron chi connectivity index (χ2n) is 5.59. The number of aryl methyl sites for hydroxylation is 1. The zero-order chi connectivity index (χ0) is 17.1. The highest BCUT2D eigenvalue weighted by Gasteiger charge is 2.18. The number of rotatable bonds is 5. The fraction of sp³-hybridized carbons (Fsp3) is 0.278. The number of carbonyl (C=O) groups is 1. The van der Waals surface area contributed by atoms with Gasteiger partial charge in [0, 0.05) is 10.4 Å². The van der Waals surface area contributed by atoms with E-state index in [1.807, 2.05) is 32.0 Å². The van der Waals surface area contributed by atoms with Crippen molar-refractivity contribution in [3.63, 3.8) is 0 Å². The van der Waals surface area contributed by atoms with E-state index in [0.29, 0.717) is 0 Å². The van der Waals surface area contributed by atoms with Gasteiger partial charge in [0.1, 0.15) is 16.2 Å². The highest BCUT2D eigenvalue weighted by Crippen LogP contribution is 2.41. The Morgan fingerprint density at radius 1 is 1.25 bits per heavy atom. The number of aromatic nitrogens is 2. The van der Waals surface area contributed by atoms with Crippen LogP contribution in [0.2, 0.25) is 0 Å². The number of ether oxygens (including phenoxy) is 1. The molecule has 0 aliphatic carbocycles. The average Bonchev–Trinajstić information content (AvgIpc) is 2.89. The zero-order valence-corrected chi connectivity index (χ0v) is 15.4. The van der Waals surface area contributed by atoms with Crippen molar-refractivity contribution in [1.82, 2.24) is 9.97 Å². The summed E-state index contributed by atoms with van der Waals surface area (Å²) in [7, 11) is 0. The third-order valence-electron chi connectivity index (χ3n) is 3.39. The maximum Gasteiger partial charge on any atom is 0.316 e. The molecule has 0 aliphatic rings. The first-order valence-corrected chi connectivity index (χ1v) is 9.48. The number of nitrogens with zero attached hydrogens (tertiary/aromatic N) is 2. The Morgan fingerprint density at radius 2 is 2.00 bits per heavy atom. The van der Waals surface area contributed by atoms with Crippen molar-refractivity contribution in [2.24, 2.45) is 0 Å². The lowest BCUT2D eigenvalue weighted by atomic mass is 10.0. The lowest BCUT2D eigenvalue weighted by Gasteiger charge is -2.08. The largest absolute Gasteiger partial charge is 0.462 e. The average molecular weight is 358 g/mol. The van der Waals surface area contributed by atoms with Crippen molar-refractivity contribution in [1.29, 1.82) is 0 Å². The second-order valence-corrected chi connectivity index (χ2v) is 7.75. The number of hydrogen-bond acceptors (Lipinski definition) is 6. The van der Waals surface area contributed by atoms with Crippen LogP contribution in [0.25, 0.3) is 21.3 Å². The molecule has 0 N–H and O–H groups in total. The Labute approximate surface area is 149 Å². The zero-order valence-electron chi connectivity index (χ0n) is 13.8. The van der Waals surface area contributed by atoms with Crippen molar-refractivity contribution in [3.8, 4) is 11.1 Å². The van der Waals surface area contributed by atoms with Gasteiger partial charge in [0.2, 0.25) is 0 Å². The van der Waals surface area contributed by atoms with Crippen molar-refractivity contribution >= 4 is 39.3 Å². The van der Waals surface area contributed by atoms with E-state index in [1.165, 1.54) is 16.6 Å². The number of carbonyl (C=O) groups excluding carboxylic acids is 1. The molecule has 3 rings (SSSR count). The molecule has 0 amide bonds. The van der Waals surface area contributed by atoms with E-state index >= 15 is 0 Å². The summed E-state index contributed by atoms with van der Waals surface area (Å²) in [5.41, 5.74) is 2.29. The number of fused-ring (bicyclic) bond motifs is 1. The van der Waals surface area contributed by atoms with Crippen molar-refractivity contribution < 1.29 is 9.53 Å². The van der Waals surface area contributed by atoms with Gasteiger partial charge >= 0.3 is 5.97 Å². The minimum Gasteiger partial charge on any atom is -0.462 e. The normalized spacial score (nSPS) is 11.2. The van der Waals surface area contributed by atoms with Crippen LogP contribution in [0.1, 0.15) is 18.7 Å². The van der Waals surface area contributed by atoms with Crippen LogP contribution in [0.15, 0.2) is 41.7 Å². The molecule has 6 heteroatoms. The summed E-state index contributed by atoms with van der Waals surface area (Å²) in [4.78, 5) is 22.8. The van der Waals surface area contributed by atoms with Crippen molar-refractivity contribution in [2.75, 3.05) is 5.75 Å². The van der Waals surface area contributed by atoms with Crippen LogP contribution in [0, 0.1) is 6.92 Å². The Morgan fingerprint density at radius 3 is 2.71 bits per heavy atom. The number of esters is 1. The molecule has 24 heavy (non-hydrogen) atoms. The quantitative estimate of drug-likeness (QED) is 0.375. The fourth-order valence-corrected chi connectivity index (χ4v) is 4.37. The minimum absolute atomic E-state index is 0.105. The molecule has 0 saturated heterocycles. The molecular weight excluding hydrogens is 340 g/mol. The Balaban J connectivity index is 1.99. The van der Waals surface area contributed by atoms with Gasteiger partial charge in [0.25, 0.3) is 0 Å². The van der Waals surface area contributed by atoms with Crippen molar-refractivity contribution in [3.05, 3.63) is 41.5 Å². The molecule has 1 aromatic carbocycles. The van der Waals surface area contributed by atoms with E-state index in [0.717, 1.165) is 26.4 Å². The van der Waals surface area contributed by atoms with Gasteiger partial charge in [0.05, 0.1) is 17.2 Å². The highest BCUT2D eigenvalue weighted by atomic mass is 32.2. The smallest absolute Gasteiger partial charge is 0.316 e. The van der Waals surface area contributed by atoms with Gasteiger partial charge in [-0.15, -0.1) is 11.3 Å². The van der Waals surface area contributed by atoms with E-state index in [4.69, 9.17) is 4.74 Å². The van der Waals surface area contributed by atoms with Crippen molar-refractivity contribution in [2.45, 2.75) is 31.9 Å². The molecule has 0 saturated carbocycles. The van der Waals surface area contributed by atoms with E-state index in [9.17, 15) is 4.79 Å². The highest BCUT2D eigenvalue weighted by molar-refractivity contribution is 8.00. The van der Waals surface area contributed by atoms with Crippen LogP contribution in [-0.2, 0) is 9.53 Å². The minimum atomic E-state index is -0.227. The van der Waals surface area contributed by atoms with Crippen LogP contribution in [-0.4, -0.2) is 27.8 Å². The number of thiophene rings is 1. The summed E-state index contributed by atoms with van der Waals surface area (Å²) in [5.74, 6) is 0.0166. The summed E-state index contributed by atoms with van der Waals surface area (Å²) in [6, 6.07) is 10.2. The first-order chi connectivity index (χ1) is 11.6. The van der Waals surface area contributed by atoms with Gasteiger partial charge in [-0.1, -0.05) is 42.1 Å². The number of hydrogen-bond donors (Lipinski definition) is 0. The Hall–Kier alpha value is -1.92. The number of thioether (sulfide) groups is 1. The second kappa shape index (κ2) is 7.32. The molecule has 2 aromatic heterocycles. The van der Waals surface area contributed by atoms with Crippen LogP contribution in [0.4, 0.5) is 0 Å².